The number of benzene rings is 1. The molecule has 1 aromatic carbocycles. The van der Waals surface area contributed by atoms with Gasteiger partial charge in [0.15, 0.2) is 0 Å². The highest BCUT2D eigenvalue weighted by Gasteiger charge is 2.06. The predicted octanol–water partition coefficient (Wildman–Crippen LogP) is 4.67. The highest BCUT2D eigenvalue weighted by atomic mass is 79.9. The summed E-state index contributed by atoms with van der Waals surface area (Å²) < 4.78 is 7.15. The monoisotopic (exact) mass is 370 g/mol. The van der Waals surface area contributed by atoms with E-state index in [1.807, 2.05) is 31.2 Å². The van der Waals surface area contributed by atoms with Crippen molar-refractivity contribution in [2.24, 2.45) is 0 Å². The van der Waals surface area contributed by atoms with Crippen molar-refractivity contribution < 1.29 is 4.74 Å². The van der Waals surface area contributed by atoms with Gasteiger partial charge in [0, 0.05) is 18.0 Å². The van der Waals surface area contributed by atoms with Crippen LogP contribution in [0.25, 0.3) is 0 Å². The number of aryl methyl sites for hydroxylation is 1. The molecule has 1 aromatic heterocycles. The first-order chi connectivity index (χ1) is 8.61. The Bertz CT molecular complexity index is 573. The minimum absolute atomic E-state index is 0.781. The topological polar surface area (TPSA) is 34.1 Å². The van der Waals surface area contributed by atoms with Gasteiger partial charge in [0.1, 0.15) is 11.6 Å². The van der Waals surface area contributed by atoms with E-state index in [1.54, 1.807) is 13.3 Å². The third-order valence-electron chi connectivity index (χ3n) is 2.50. The summed E-state index contributed by atoms with van der Waals surface area (Å²) in [6, 6.07) is 7.77. The molecule has 0 aliphatic carbocycles. The van der Waals surface area contributed by atoms with E-state index in [1.165, 1.54) is 0 Å². The molecule has 0 saturated heterocycles. The number of nitrogens with zero attached hydrogens (tertiary/aromatic N) is 1. The van der Waals surface area contributed by atoms with Gasteiger partial charge in [0.2, 0.25) is 0 Å². The van der Waals surface area contributed by atoms with Gasteiger partial charge in [0.05, 0.1) is 16.1 Å². The molecule has 18 heavy (non-hydrogen) atoms. The molecule has 2 aromatic rings. The molecule has 0 aliphatic rings. The molecule has 0 aliphatic heterocycles. The standard InChI is InChI=1S/C13H12Br2N2O/c1-8-5-6-16-13(12(8)15)17-9-3-4-10(14)11(7-9)18-2/h3-7H,1-2H3,(H,16,17). The van der Waals surface area contributed by atoms with Crippen molar-refractivity contribution in [3.8, 4) is 5.75 Å². The average molecular weight is 372 g/mol. The second-order valence-corrected chi connectivity index (χ2v) is 5.41. The van der Waals surface area contributed by atoms with Crippen LogP contribution in [0.1, 0.15) is 5.56 Å². The van der Waals surface area contributed by atoms with E-state index in [0.717, 1.165) is 31.8 Å². The van der Waals surface area contributed by atoms with Crippen molar-refractivity contribution in [3.05, 3.63) is 45.0 Å². The lowest BCUT2D eigenvalue weighted by Crippen LogP contribution is -1.96. The Kier molecular flexibility index (Phi) is 4.24. The number of halogens is 2. The first kappa shape index (κ1) is 13.4. The van der Waals surface area contributed by atoms with Gasteiger partial charge < -0.3 is 10.1 Å². The van der Waals surface area contributed by atoms with Crippen molar-refractivity contribution in [2.45, 2.75) is 6.92 Å². The molecule has 1 heterocycles. The molecule has 1 N–H and O–H groups in total. The molecule has 0 unspecified atom stereocenters. The maximum Gasteiger partial charge on any atom is 0.144 e. The minimum atomic E-state index is 0.781. The molecule has 0 spiro atoms. The molecule has 0 fully saturated rings. The van der Waals surface area contributed by atoms with E-state index in [0.29, 0.717) is 0 Å². The van der Waals surface area contributed by atoms with E-state index < -0.39 is 0 Å². The maximum absolute atomic E-state index is 5.26. The Labute approximate surface area is 123 Å². The zero-order valence-corrected chi connectivity index (χ0v) is 13.2. The first-order valence-corrected chi connectivity index (χ1v) is 6.92. The van der Waals surface area contributed by atoms with Crippen LogP contribution >= 0.6 is 31.9 Å². The summed E-state index contributed by atoms with van der Waals surface area (Å²) in [6.45, 7) is 2.03. The second kappa shape index (κ2) is 5.71. The van der Waals surface area contributed by atoms with Crippen LogP contribution in [0.15, 0.2) is 39.4 Å². The molecule has 0 saturated carbocycles. The number of ether oxygens (including phenoxy) is 1. The molecule has 0 radical (unpaired) electrons. The molecule has 3 nitrogen and oxygen atoms in total. The Morgan fingerprint density at radius 2 is 2.00 bits per heavy atom. The van der Waals surface area contributed by atoms with Crippen LogP contribution in [-0.4, -0.2) is 12.1 Å². The summed E-state index contributed by atoms with van der Waals surface area (Å²) in [4.78, 5) is 4.30. The van der Waals surface area contributed by atoms with Crippen molar-refractivity contribution in [1.82, 2.24) is 4.98 Å². The Balaban J connectivity index is 2.31. The fraction of sp³-hybridized carbons (Fsp3) is 0.154. The molecule has 2 rings (SSSR count). The van der Waals surface area contributed by atoms with E-state index in [9.17, 15) is 0 Å². The highest BCUT2D eigenvalue weighted by Crippen LogP contribution is 2.31. The number of rotatable bonds is 3. The van der Waals surface area contributed by atoms with Crippen molar-refractivity contribution in [2.75, 3.05) is 12.4 Å². The quantitative estimate of drug-likeness (QED) is 0.851. The van der Waals surface area contributed by atoms with Crippen LogP contribution in [0.3, 0.4) is 0 Å². The lowest BCUT2D eigenvalue weighted by molar-refractivity contribution is 0.412. The number of hydrogen-bond acceptors (Lipinski definition) is 3. The van der Waals surface area contributed by atoms with Crippen molar-refractivity contribution in [3.63, 3.8) is 0 Å². The van der Waals surface area contributed by atoms with Gasteiger partial charge >= 0.3 is 0 Å². The van der Waals surface area contributed by atoms with E-state index >= 15 is 0 Å². The van der Waals surface area contributed by atoms with E-state index in [2.05, 4.69) is 42.2 Å². The number of methoxy groups -OCH3 is 1. The Morgan fingerprint density at radius 3 is 2.72 bits per heavy atom. The summed E-state index contributed by atoms with van der Waals surface area (Å²) in [7, 11) is 1.64. The second-order valence-electron chi connectivity index (χ2n) is 3.76. The van der Waals surface area contributed by atoms with Gasteiger partial charge in [-0.2, -0.15) is 0 Å². The average Bonchev–Trinajstić information content (AvgIpc) is 2.37. The zero-order chi connectivity index (χ0) is 13.1. The van der Waals surface area contributed by atoms with Gasteiger partial charge in [0.25, 0.3) is 0 Å². The lowest BCUT2D eigenvalue weighted by Gasteiger charge is -2.11. The van der Waals surface area contributed by atoms with Crippen LogP contribution in [0.4, 0.5) is 11.5 Å². The maximum atomic E-state index is 5.26. The van der Waals surface area contributed by atoms with E-state index in [-0.39, 0.29) is 0 Å². The number of pyridine rings is 1. The minimum Gasteiger partial charge on any atom is -0.495 e. The molecular weight excluding hydrogens is 360 g/mol. The smallest absolute Gasteiger partial charge is 0.144 e. The largest absolute Gasteiger partial charge is 0.495 e. The SMILES string of the molecule is COc1cc(Nc2nccc(C)c2Br)ccc1Br. The fourth-order valence-corrected chi connectivity index (χ4v) is 2.24. The Hall–Kier alpha value is -1.07. The van der Waals surface area contributed by atoms with Gasteiger partial charge in [-0.25, -0.2) is 4.98 Å². The van der Waals surface area contributed by atoms with Crippen molar-refractivity contribution in [1.29, 1.82) is 0 Å². The van der Waals surface area contributed by atoms with Gasteiger partial charge in [-0.15, -0.1) is 0 Å². The van der Waals surface area contributed by atoms with Crippen LogP contribution in [0, 0.1) is 6.92 Å². The molecular formula is C13H12Br2N2O. The Morgan fingerprint density at radius 1 is 1.22 bits per heavy atom. The number of aromatic nitrogens is 1. The number of hydrogen-bond donors (Lipinski definition) is 1. The molecule has 0 bridgehead atoms. The van der Waals surface area contributed by atoms with Crippen LogP contribution in [0.5, 0.6) is 5.75 Å². The van der Waals surface area contributed by atoms with Gasteiger partial charge in [-0.1, -0.05) is 0 Å². The summed E-state index contributed by atoms with van der Waals surface area (Å²) in [5.41, 5.74) is 2.06. The molecule has 0 atom stereocenters. The highest BCUT2D eigenvalue weighted by molar-refractivity contribution is 9.11. The predicted molar refractivity (Wildman–Crippen MR) is 80.7 cm³/mol. The summed E-state index contributed by atoms with van der Waals surface area (Å²) in [6.07, 6.45) is 1.78. The molecule has 0 amide bonds. The third kappa shape index (κ3) is 2.84. The lowest BCUT2D eigenvalue weighted by atomic mass is 10.2. The zero-order valence-electron chi connectivity index (χ0n) is 10.00. The van der Waals surface area contributed by atoms with Crippen LogP contribution < -0.4 is 10.1 Å². The summed E-state index contributed by atoms with van der Waals surface area (Å²) >= 11 is 6.95. The molecule has 94 valence electrons. The third-order valence-corrected chi connectivity index (χ3v) is 4.15. The number of nitrogens with one attached hydrogen (secondary N) is 1. The number of anilines is 2. The van der Waals surface area contributed by atoms with Crippen molar-refractivity contribution >= 4 is 43.4 Å². The molecule has 5 heteroatoms. The van der Waals surface area contributed by atoms with Crippen LogP contribution in [-0.2, 0) is 0 Å². The van der Waals surface area contributed by atoms with Crippen LogP contribution in [0.2, 0.25) is 0 Å². The normalized spacial score (nSPS) is 10.2. The summed E-state index contributed by atoms with van der Waals surface area (Å²) in [5.74, 6) is 1.57. The fourth-order valence-electron chi connectivity index (χ4n) is 1.50. The summed E-state index contributed by atoms with van der Waals surface area (Å²) in [5, 5.41) is 3.26. The van der Waals surface area contributed by atoms with Gasteiger partial charge in [-0.05, 0) is 62.5 Å². The van der Waals surface area contributed by atoms with Gasteiger partial charge in [-0.3, -0.25) is 0 Å². The first-order valence-electron chi connectivity index (χ1n) is 5.33. The van der Waals surface area contributed by atoms with E-state index in [4.69, 9.17) is 4.74 Å².